The fraction of sp³-hybridized carbons (Fsp3) is 0.0714. The van der Waals surface area contributed by atoms with E-state index in [2.05, 4.69) is 15.1 Å². The summed E-state index contributed by atoms with van der Waals surface area (Å²) in [6, 6.07) is 6.86. The monoisotopic (exact) mass is 321 g/mol. The van der Waals surface area contributed by atoms with E-state index < -0.39 is 0 Å². The second kappa shape index (κ2) is 5.71. The Morgan fingerprint density at radius 2 is 1.90 bits per heavy atom. The van der Waals surface area contributed by atoms with Crippen molar-refractivity contribution in [2.75, 3.05) is 0 Å². The van der Waals surface area contributed by atoms with E-state index in [4.69, 9.17) is 27.7 Å². The second-order valence-corrected chi connectivity index (χ2v) is 5.10. The first-order chi connectivity index (χ1) is 10.1. The smallest absolute Gasteiger partial charge is 0.261 e. The summed E-state index contributed by atoms with van der Waals surface area (Å²) in [5.74, 6) is 0.618. The Morgan fingerprint density at radius 1 is 1.14 bits per heavy atom. The van der Waals surface area contributed by atoms with Crippen LogP contribution < -0.4 is 0 Å². The number of nitrogens with zero attached hydrogens (tertiary/aromatic N) is 3. The van der Waals surface area contributed by atoms with Crippen LogP contribution in [0.25, 0.3) is 11.5 Å². The molecular formula is C14H9Cl2N3O2. The van der Waals surface area contributed by atoms with E-state index in [1.807, 2.05) is 0 Å². The molecule has 2 aromatic heterocycles. The predicted octanol–water partition coefficient (Wildman–Crippen LogP) is 3.73. The van der Waals surface area contributed by atoms with Crippen molar-refractivity contribution in [3.05, 3.63) is 58.1 Å². The maximum Gasteiger partial charge on any atom is 0.261 e. The highest BCUT2D eigenvalue weighted by Crippen LogP contribution is 2.29. The molecule has 0 spiro atoms. The third-order valence-corrected chi connectivity index (χ3v) is 3.60. The van der Waals surface area contributed by atoms with Crippen molar-refractivity contribution in [1.29, 1.82) is 0 Å². The number of hydrogen-bond acceptors (Lipinski definition) is 5. The van der Waals surface area contributed by atoms with E-state index in [9.17, 15) is 5.11 Å². The molecule has 0 unspecified atom stereocenters. The summed E-state index contributed by atoms with van der Waals surface area (Å²) < 4.78 is 5.15. The van der Waals surface area contributed by atoms with Crippen LogP contribution in [0.5, 0.6) is 5.75 Å². The van der Waals surface area contributed by atoms with Crippen LogP contribution in [-0.2, 0) is 6.42 Å². The average molecular weight is 322 g/mol. The number of aromatic nitrogens is 3. The Kier molecular flexibility index (Phi) is 3.77. The van der Waals surface area contributed by atoms with Crippen LogP contribution in [0.15, 0.2) is 41.2 Å². The highest BCUT2D eigenvalue weighted by Gasteiger charge is 2.15. The maximum absolute atomic E-state index is 9.72. The molecule has 7 heteroatoms. The van der Waals surface area contributed by atoms with Crippen LogP contribution in [-0.4, -0.2) is 20.2 Å². The summed E-state index contributed by atoms with van der Waals surface area (Å²) in [5, 5.41) is 14.7. The van der Waals surface area contributed by atoms with E-state index in [1.54, 1.807) is 24.3 Å². The summed E-state index contributed by atoms with van der Waals surface area (Å²) in [6.45, 7) is 0. The van der Waals surface area contributed by atoms with Crippen molar-refractivity contribution in [2.24, 2.45) is 0 Å². The molecule has 3 aromatic rings. The lowest BCUT2D eigenvalue weighted by atomic mass is 10.1. The lowest BCUT2D eigenvalue weighted by Gasteiger charge is -2.03. The Labute approximate surface area is 130 Å². The van der Waals surface area contributed by atoms with Gasteiger partial charge in [-0.05, 0) is 23.8 Å². The molecule has 0 amide bonds. The van der Waals surface area contributed by atoms with Gasteiger partial charge in [-0.3, -0.25) is 4.98 Å². The van der Waals surface area contributed by atoms with Crippen LogP contribution in [0.4, 0.5) is 0 Å². The quantitative estimate of drug-likeness (QED) is 0.795. The molecule has 0 saturated carbocycles. The molecule has 0 atom stereocenters. The Balaban J connectivity index is 1.91. The minimum atomic E-state index is -0.0246. The fourth-order valence-corrected chi connectivity index (χ4v) is 2.39. The first kappa shape index (κ1) is 13.9. The molecule has 1 N–H and O–H groups in total. The van der Waals surface area contributed by atoms with Crippen LogP contribution in [0.3, 0.4) is 0 Å². The van der Waals surface area contributed by atoms with E-state index in [0.717, 1.165) is 5.56 Å². The summed E-state index contributed by atoms with van der Waals surface area (Å²) in [6.07, 6.45) is 3.18. The van der Waals surface area contributed by atoms with Crippen molar-refractivity contribution in [3.8, 4) is 17.2 Å². The number of halogens is 2. The van der Waals surface area contributed by atoms with Crippen molar-refractivity contribution in [3.63, 3.8) is 0 Å². The van der Waals surface area contributed by atoms with Crippen molar-refractivity contribution < 1.29 is 9.63 Å². The zero-order valence-corrected chi connectivity index (χ0v) is 12.1. The van der Waals surface area contributed by atoms with Gasteiger partial charge in [0, 0.05) is 22.7 Å². The van der Waals surface area contributed by atoms with Gasteiger partial charge in [0.05, 0.1) is 11.8 Å². The van der Waals surface area contributed by atoms with Crippen LogP contribution in [0.2, 0.25) is 10.0 Å². The standard InChI is InChI=1S/C14H9Cl2N3O2/c15-10-2-1-3-11(16)9(10)6-13-18-14(21-19-13)8-4-5-17-7-12(8)20/h1-5,7,20H,6H2. The van der Waals surface area contributed by atoms with Gasteiger partial charge in [-0.25, -0.2) is 0 Å². The Bertz CT molecular complexity index is 769. The summed E-state index contributed by atoms with van der Waals surface area (Å²) in [7, 11) is 0. The van der Waals surface area contributed by atoms with Crippen LogP contribution in [0, 0.1) is 0 Å². The minimum Gasteiger partial charge on any atom is -0.505 e. The van der Waals surface area contributed by atoms with Gasteiger partial charge in [0.2, 0.25) is 0 Å². The van der Waals surface area contributed by atoms with E-state index >= 15 is 0 Å². The number of pyridine rings is 1. The molecule has 106 valence electrons. The average Bonchev–Trinajstić information content (AvgIpc) is 2.92. The molecule has 0 fully saturated rings. The maximum atomic E-state index is 9.72. The highest BCUT2D eigenvalue weighted by molar-refractivity contribution is 6.36. The van der Waals surface area contributed by atoms with Gasteiger partial charge in [0.1, 0.15) is 5.75 Å². The molecule has 5 nitrogen and oxygen atoms in total. The van der Waals surface area contributed by atoms with Gasteiger partial charge in [-0.2, -0.15) is 4.98 Å². The van der Waals surface area contributed by atoms with Gasteiger partial charge in [-0.1, -0.05) is 34.4 Å². The SMILES string of the molecule is Oc1cnccc1-c1nc(Cc2c(Cl)cccc2Cl)no1. The third-order valence-electron chi connectivity index (χ3n) is 2.90. The van der Waals surface area contributed by atoms with E-state index in [-0.39, 0.29) is 11.6 Å². The minimum absolute atomic E-state index is 0.0246. The number of benzene rings is 1. The topological polar surface area (TPSA) is 72.0 Å². The first-order valence-corrected chi connectivity index (χ1v) is 6.79. The lowest BCUT2D eigenvalue weighted by Crippen LogP contribution is -1.93. The first-order valence-electron chi connectivity index (χ1n) is 6.04. The molecular weight excluding hydrogens is 313 g/mol. The van der Waals surface area contributed by atoms with Crippen molar-refractivity contribution in [2.45, 2.75) is 6.42 Å². The second-order valence-electron chi connectivity index (χ2n) is 4.29. The highest BCUT2D eigenvalue weighted by atomic mass is 35.5. The number of rotatable bonds is 3. The molecule has 0 bridgehead atoms. The largest absolute Gasteiger partial charge is 0.505 e. The van der Waals surface area contributed by atoms with E-state index in [1.165, 1.54) is 12.4 Å². The number of hydrogen-bond donors (Lipinski definition) is 1. The molecule has 0 aliphatic rings. The van der Waals surface area contributed by atoms with Crippen LogP contribution in [0.1, 0.15) is 11.4 Å². The molecule has 3 rings (SSSR count). The zero-order chi connectivity index (χ0) is 14.8. The lowest BCUT2D eigenvalue weighted by molar-refractivity contribution is 0.418. The number of aromatic hydroxyl groups is 1. The summed E-state index contributed by atoms with van der Waals surface area (Å²) in [4.78, 5) is 8.03. The Hall–Kier alpha value is -2.11. The van der Waals surface area contributed by atoms with Gasteiger partial charge in [0.25, 0.3) is 5.89 Å². The van der Waals surface area contributed by atoms with Gasteiger partial charge in [0.15, 0.2) is 5.82 Å². The molecule has 21 heavy (non-hydrogen) atoms. The predicted molar refractivity (Wildman–Crippen MR) is 78.5 cm³/mol. The fourth-order valence-electron chi connectivity index (χ4n) is 1.86. The van der Waals surface area contributed by atoms with Gasteiger partial charge in [-0.15, -0.1) is 0 Å². The molecule has 0 aliphatic heterocycles. The van der Waals surface area contributed by atoms with E-state index in [0.29, 0.717) is 27.9 Å². The normalized spacial score (nSPS) is 10.8. The Morgan fingerprint density at radius 3 is 2.62 bits per heavy atom. The summed E-state index contributed by atoms with van der Waals surface area (Å²) in [5.41, 5.74) is 1.15. The molecule has 0 saturated heterocycles. The van der Waals surface area contributed by atoms with Crippen molar-refractivity contribution >= 4 is 23.2 Å². The molecule has 0 aliphatic carbocycles. The molecule has 0 radical (unpaired) electrons. The third kappa shape index (κ3) is 2.84. The van der Waals surface area contributed by atoms with Crippen molar-refractivity contribution in [1.82, 2.24) is 15.1 Å². The summed E-state index contributed by atoms with van der Waals surface area (Å²) >= 11 is 12.2. The zero-order valence-electron chi connectivity index (χ0n) is 10.6. The van der Waals surface area contributed by atoms with Gasteiger partial charge >= 0.3 is 0 Å². The van der Waals surface area contributed by atoms with Gasteiger partial charge < -0.3 is 9.63 Å². The molecule has 1 aromatic carbocycles. The molecule has 2 heterocycles. The van der Waals surface area contributed by atoms with Crippen LogP contribution >= 0.6 is 23.2 Å².